The van der Waals surface area contributed by atoms with Crippen molar-refractivity contribution in [3.05, 3.63) is 35.4 Å². The van der Waals surface area contributed by atoms with Gasteiger partial charge in [-0.25, -0.2) is 4.79 Å². The van der Waals surface area contributed by atoms with Crippen LogP contribution in [0.5, 0.6) is 0 Å². The minimum absolute atomic E-state index is 0.00808. The molecule has 1 amide bonds. The lowest BCUT2D eigenvalue weighted by atomic mass is 9.72. The van der Waals surface area contributed by atoms with E-state index in [1.54, 1.807) is 4.90 Å². The third-order valence-electron chi connectivity index (χ3n) is 6.87. The normalized spacial score (nSPS) is 25.9. The highest BCUT2D eigenvalue weighted by Gasteiger charge is 2.54. The van der Waals surface area contributed by atoms with Crippen LogP contribution in [-0.2, 0) is 14.3 Å². The van der Waals surface area contributed by atoms with Crippen LogP contribution < -0.4 is 0 Å². The molecule has 0 bridgehead atoms. The largest absolute Gasteiger partial charge is 0.453 e. The number of esters is 1. The van der Waals surface area contributed by atoms with E-state index in [1.165, 1.54) is 7.11 Å². The molecule has 0 N–H and O–H groups in total. The number of fused-ring (bicyclic) bond motifs is 1. The Bertz CT molecular complexity index is 868. The van der Waals surface area contributed by atoms with Crippen molar-refractivity contribution >= 4 is 12.1 Å². The van der Waals surface area contributed by atoms with Gasteiger partial charge in [-0.3, -0.25) is 4.79 Å². The monoisotopic (exact) mass is 425 g/mol. The summed E-state index contributed by atoms with van der Waals surface area (Å²) in [6.45, 7) is 8.78. The van der Waals surface area contributed by atoms with E-state index in [2.05, 4.69) is 25.7 Å². The Hall–Kier alpha value is -2.48. The molecule has 1 heterocycles. The van der Waals surface area contributed by atoms with Crippen LogP contribution in [0.3, 0.4) is 0 Å². The zero-order valence-electron chi connectivity index (χ0n) is 19.4. The van der Waals surface area contributed by atoms with Gasteiger partial charge in [-0.05, 0) is 68.6 Å². The van der Waals surface area contributed by atoms with Crippen LogP contribution in [0.15, 0.2) is 24.3 Å². The van der Waals surface area contributed by atoms with Gasteiger partial charge in [-0.15, -0.1) is 0 Å². The molecule has 1 saturated heterocycles. The Morgan fingerprint density at radius 1 is 1.29 bits per heavy atom. The summed E-state index contributed by atoms with van der Waals surface area (Å²) in [5.74, 6) is 6.57. The lowest BCUT2D eigenvalue weighted by Crippen LogP contribution is -2.52. The average Bonchev–Trinajstić information content (AvgIpc) is 3.18. The maximum Gasteiger partial charge on any atom is 0.409 e. The van der Waals surface area contributed by atoms with E-state index in [-0.39, 0.29) is 35.9 Å². The number of benzene rings is 1. The van der Waals surface area contributed by atoms with Crippen LogP contribution >= 0.6 is 0 Å². The first kappa shape index (κ1) is 23.2. The van der Waals surface area contributed by atoms with Crippen LogP contribution in [0.1, 0.15) is 64.0 Å². The standard InChI is InChI=1S/C26H35NO4/c1-6-21(18(2)3)24(28)31-26(15-12-20-10-7-9-19(4)17-20)14-8-11-23-22(26)13-16-27(23)25(29)30-5/h7,9-10,17-18,21-23H,6,8,11,13-14,16H2,1-5H3/t21-,22+,23+,26+/m0/s1. The summed E-state index contributed by atoms with van der Waals surface area (Å²) in [5.41, 5.74) is 1.17. The minimum atomic E-state index is -0.880. The fraction of sp³-hybridized carbons (Fsp3) is 0.615. The second-order valence-electron chi connectivity index (χ2n) is 9.21. The number of amides is 1. The maximum absolute atomic E-state index is 13.2. The molecular weight excluding hydrogens is 390 g/mol. The number of methoxy groups -OCH3 is 1. The first-order valence-electron chi connectivity index (χ1n) is 11.5. The van der Waals surface area contributed by atoms with E-state index in [4.69, 9.17) is 9.47 Å². The Balaban J connectivity index is 1.98. The van der Waals surface area contributed by atoms with E-state index in [0.717, 1.165) is 36.8 Å². The van der Waals surface area contributed by atoms with Crippen molar-refractivity contribution in [3.63, 3.8) is 0 Å². The van der Waals surface area contributed by atoms with Crippen molar-refractivity contribution in [2.24, 2.45) is 17.8 Å². The molecule has 5 nitrogen and oxygen atoms in total. The Kier molecular flexibility index (Phi) is 7.30. The lowest BCUT2D eigenvalue weighted by molar-refractivity contribution is -0.169. The van der Waals surface area contributed by atoms with E-state index in [1.807, 2.05) is 38.1 Å². The summed E-state index contributed by atoms with van der Waals surface area (Å²) in [6, 6.07) is 8.04. The first-order chi connectivity index (χ1) is 14.8. The number of nitrogens with zero attached hydrogens (tertiary/aromatic N) is 1. The molecule has 0 unspecified atom stereocenters. The van der Waals surface area contributed by atoms with Crippen LogP contribution in [0.4, 0.5) is 4.79 Å². The number of hydrogen-bond donors (Lipinski definition) is 0. The number of aryl methyl sites for hydroxylation is 1. The molecule has 1 aliphatic carbocycles. The van der Waals surface area contributed by atoms with Crippen molar-refractivity contribution in [1.29, 1.82) is 0 Å². The summed E-state index contributed by atoms with van der Waals surface area (Å²) in [6.07, 6.45) is 3.61. The van der Waals surface area contributed by atoms with E-state index >= 15 is 0 Å². The molecule has 0 radical (unpaired) electrons. The molecule has 2 aliphatic rings. The number of ether oxygens (including phenoxy) is 2. The first-order valence-corrected chi connectivity index (χ1v) is 11.5. The molecule has 1 aromatic rings. The number of likely N-dealkylation sites (tertiary alicyclic amines) is 1. The fourth-order valence-electron chi connectivity index (χ4n) is 5.23. The molecule has 2 fully saturated rings. The van der Waals surface area contributed by atoms with E-state index in [9.17, 15) is 9.59 Å². The fourth-order valence-corrected chi connectivity index (χ4v) is 5.23. The summed E-state index contributed by atoms with van der Waals surface area (Å²) in [5, 5.41) is 0. The second-order valence-corrected chi connectivity index (χ2v) is 9.21. The molecule has 168 valence electrons. The topological polar surface area (TPSA) is 55.8 Å². The predicted molar refractivity (Wildman–Crippen MR) is 120 cm³/mol. The van der Waals surface area contributed by atoms with Crippen molar-refractivity contribution in [1.82, 2.24) is 4.90 Å². The van der Waals surface area contributed by atoms with Crippen LogP contribution in [0, 0.1) is 36.5 Å². The van der Waals surface area contributed by atoms with Gasteiger partial charge in [0.1, 0.15) is 0 Å². The molecule has 0 aromatic heterocycles. The third-order valence-corrected chi connectivity index (χ3v) is 6.87. The van der Waals surface area contributed by atoms with Gasteiger partial charge in [0.05, 0.1) is 13.0 Å². The smallest absolute Gasteiger partial charge is 0.409 e. The Morgan fingerprint density at radius 2 is 2.06 bits per heavy atom. The summed E-state index contributed by atoms with van der Waals surface area (Å²) in [4.78, 5) is 27.3. The van der Waals surface area contributed by atoms with Gasteiger partial charge in [0.2, 0.25) is 0 Å². The number of carbonyl (C=O) groups excluding carboxylic acids is 2. The average molecular weight is 426 g/mol. The zero-order valence-corrected chi connectivity index (χ0v) is 19.4. The van der Waals surface area contributed by atoms with Gasteiger partial charge in [-0.1, -0.05) is 38.8 Å². The van der Waals surface area contributed by atoms with Gasteiger partial charge < -0.3 is 14.4 Å². The van der Waals surface area contributed by atoms with Gasteiger partial charge in [0, 0.05) is 24.1 Å². The van der Waals surface area contributed by atoms with Crippen LogP contribution in [0.2, 0.25) is 0 Å². The third kappa shape index (κ3) is 4.89. The highest BCUT2D eigenvalue weighted by molar-refractivity contribution is 5.74. The molecule has 31 heavy (non-hydrogen) atoms. The highest BCUT2D eigenvalue weighted by atomic mass is 16.6. The molecule has 4 atom stereocenters. The van der Waals surface area contributed by atoms with Gasteiger partial charge in [-0.2, -0.15) is 0 Å². The Labute approximate surface area is 186 Å². The summed E-state index contributed by atoms with van der Waals surface area (Å²) < 4.78 is 11.3. The Morgan fingerprint density at radius 3 is 2.71 bits per heavy atom. The molecular formula is C26H35NO4. The molecule has 1 saturated carbocycles. The van der Waals surface area contributed by atoms with E-state index < -0.39 is 5.60 Å². The maximum atomic E-state index is 13.2. The van der Waals surface area contributed by atoms with Crippen molar-refractivity contribution in [2.45, 2.75) is 71.4 Å². The van der Waals surface area contributed by atoms with Crippen LogP contribution in [-0.4, -0.2) is 42.3 Å². The summed E-state index contributed by atoms with van der Waals surface area (Å²) in [7, 11) is 1.41. The predicted octanol–water partition coefficient (Wildman–Crippen LogP) is 4.95. The quantitative estimate of drug-likeness (QED) is 0.506. The van der Waals surface area contributed by atoms with Gasteiger partial charge in [0.15, 0.2) is 5.60 Å². The van der Waals surface area contributed by atoms with E-state index in [0.29, 0.717) is 13.0 Å². The van der Waals surface area contributed by atoms with Gasteiger partial charge >= 0.3 is 12.1 Å². The van der Waals surface area contributed by atoms with Crippen molar-refractivity contribution in [3.8, 4) is 11.8 Å². The van der Waals surface area contributed by atoms with Crippen molar-refractivity contribution < 1.29 is 19.1 Å². The molecule has 1 aromatic carbocycles. The SMILES string of the molecule is CC[C@H](C(=O)O[C@@]1(C#Cc2cccc(C)c2)CCC[C@@H]2[C@H]1CCN2C(=O)OC)C(C)C. The number of hydrogen-bond acceptors (Lipinski definition) is 4. The highest BCUT2D eigenvalue weighted by Crippen LogP contribution is 2.45. The van der Waals surface area contributed by atoms with Crippen LogP contribution in [0.25, 0.3) is 0 Å². The lowest BCUT2D eigenvalue weighted by Gasteiger charge is -2.43. The molecule has 0 spiro atoms. The molecule has 3 rings (SSSR count). The summed E-state index contributed by atoms with van der Waals surface area (Å²) >= 11 is 0. The number of rotatable bonds is 4. The zero-order chi connectivity index (χ0) is 22.6. The number of carbonyl (C=O) groups is 2. The molecule has 1 aliphatic heterocycles. The minimum Gasteiger partial charge on any atom is -0.453 e. The van der Waals surface area contributed by atoms with Crippen molar-refractivity contribution in [2.75, 3.05) is 13.7 Å². The molecule has 5 heteroatoms. The second kappa shape index (κ2) is 9.77. The van der Waals surface area contributed by atoms with Gasteiger partial charge in [0.25, 0.3) is 0 Å².